The fourth-order valence-electron chi connectivity index (χ4n) is 1.58. The molecule has 1 heterocycles. The Morgan fingerprint density at radius 1 is 1.29 bits per heavy atom. The zero-order valence-corrected chi connectivity index (χ0v) is 8.39. The predicted octanol–water partition coefficient (Wildman–Crippen LogP) is 1.52. The summed E-state index contributed by atoms with van der Waals surface area (Å²) in [6, 6.07) is 0.505. The van der Waals surface area contributed by atoms with Gasteiger partial charge in [0.15, 0.2) is 0 Å². The van der Waals surface area contributed by atoms with E-state index >= 15 is 0 Å². The third-order valence-corrected chi connectivity index (χ3v) is 2.47. The van der Waals surface area contributed by atoms with Crippen molar-refractivity contribution in [3.8, 4) is 0 Å². The van der Waals surface area contributed by atoms with E-state index in [-0.39, 0.29) is 0 Å². The van der Waals surface area contributed by atoms with E-state index in [1.165, 1.54) is 19.4 Å². The van der Waals surface area contributed by atoms with Crippen LogP contribution in [0.15, 0.2) is 0 Å². The van der Waals surface area contributed by atoms with Crippen molar-refractivity contribution < 1.29 is 26.9 Å². The third-order valence-electron chi connectivity index (χ3n) is 2.47. The SMILES string of the molecule is C[N+]1(C)CCC[C@H]1CO.F[B-](F)(F)F. The summed E-state index contributed by atoms with van der Waals surface area (Å²) in [6.07, 6.45) is 2.47. The van der Waals surface area contributed by atoms with Gasteiger partial charge in [-0.05, 0) is 0 Å². The van der Waals surface area contributed by atoms with E-state index in [2.05, 4.69) is 14.1 Å². The Kier molecular flexibility index (Phi) is 4.87. The van der Waals surface area contributed by atoms with Gasteiger partial charge in [0.1, 0.15) is 6.04 Å². The minimum Gasteiger partial charge on any atom is -0.418 e. The van der Waals surface area contributed by atoms with Crippen molar-refractivity contribution in [1.29, 1.82) is 0 Å². The maximum atomic E-state index is 9.75. The van der Waals surface area contributed by atoms with Crippen LogP contribution in [0.5, 0.6) is 0 Å². The van der Waals surface area contributed by atoms with E-state index in [0.29, 0.717) is 12.6 Å². The number of aliphatic hydroxyl groups is 1. The van der Waals surface area contributed by atoms with E-state index in [9.17, 15) is 17.3 Å². The van der Waals surface area contributed by atoms with Crippen molar-refractivity contribution in [2.24, 2.45) is 0 Å². The van der Waals surface area contributed by atoms with Gasteiger partial charge in [-0.1, -0.05) is 0 Å². The molecule has 0 aromatic rings. The number of quaternary nitrogens is 1. The van der Waals surface area contributed by atoms with Gasteiger partial charge < -0.3 is 26.9 Å². The lowest BCUT2D eigenvalue weighted by Gasteiger charge is -2.30. The Morgan fingerprint density at radius 3 is 1.86 bits per heavy atom. The average Bonchev–Trinajstić information content (AvgIpc) is 2.25. The van der Waals surface area contributed by atoms with E-state index in [4.69, 9.17) is 5.11 Å². The quantitative estimate of drug-likeness (QED) is 0.401. The molecular formula is C7H16BF4NO. The molecule has 1 aliphatic rings. The molecular weight excluding hydrogens is 201 g/mol. The first-order valence-corrected chi connectivity index (χ1v) is 4.47. The molecule has 0 aromatic heterocycles. The van der Waals surface area contributed by atoms with Crippen LogP contribution < -0.4 is 0 Å². The van der Waals surface area contributed by atoms with Crippen molar-refractivity contribution in [1.82, 2.24) is 0 Å². The highest BCUT2D eigenvalue weighted by Crippen LogP contribution is 2.20. The second-order valence-electron chi connectivity index (χ2n) is 3.98. The van der Waals surface area contributed by atoms with Gasteiger partial charge in [-0.25, -0.2) is 0 Å². The normalized spacial score (nSPS) is 25.5. The van der Waals surface area contributed by atoms with Crippen molar-refractivity contribution in [2.45, 2.75) is 18.9 Å². The summed E-state index contributed by atoms with van der Waals surface area (Å²) in [4.78, 5) is 0. The molecule has 1 N–H and O–H groups in total. The van der Waals surface area contributed by atoms with Gasteiger partial charge in [0, 0.05) is 12.8 Å². The van der Waals surface area contributed by atoms with Crippen LogP contribution in [0.3, 0.4) is 0 Å². The Hall–Kier alpha value is -0.295. The molecule has 1 fully saturated rings. The van der Waals surface area contributed by atoms with Crippen LogP contribution in [0.4, 0.5) is 17.3 Å². The standard InChI is InChI=1S/C7H16NO.BF4/c1-8(2)5-3-4-7(8)6-9;2-1(3,4)5/h7,9H,3-6H2,1-2H3;/q+1;-1/t7-;/m0./s1. The smallest absolute Gasteiger partial charge is 0.418 e. The zero-order valence-electron chi connectivity index (χ0n) is 8.39. The molecule has 14 heavy (non-hydrogen) atoms. The molecule has 1 saturated heterocycles. The Morgan fingerprint density at radius 2 is 1.71 bits per heavy atom. The van der Waals surface area contributed by atoms with Crippen LogP contribution in [-0.4, -0.2) is 50.1 Å². The molecule has 2 nitrogen and oxygen atoms in total. The summed E-state index contributed by atoms with van der Waals surface area (Å²) >= 11 is 0. The van der Waals surface area contributed by atoms with Crippen molar-refractivity contribution in [2.75, 3.05) is 27.2 Å². The molecule has 0 aromatic carbocycles. The predicted molar refractivity (Wildman–Crippen MR) is 47.3 cm³/mol. The largest absolute Gasteiger partial charge is 0.673 e. The van der Waals surface area contributed by atoms with Crippen molar-refractivity contribution in [3.63, 3.8) is 0 Å². The fraction of sp³-hybridized carbons (Fsp3) is 1.00. The summed E-state index contributed by atoms with van der Waals surface area (Å²) in [7, 11) is -1.62. The van der Waals surface area contributed by atoms with E-state index < -0.39 is 7.25 Å². The molecule has 7 heteroatoms. The molecule has 0 amide bonds. The first-order chi connectivity index (χ1) is 6.17. The van der Waals surface area contributed by atoms with E-state index in [1.54, 1.807) is 0 Å². The minimum atomic E-state index is -6.00. The number of hydrogen-bond acceptors (Lipinski definition) is 1. The van der Waals surface area contributed by atoms with Gasteiger partial charge in [-0.15, -0.1) is 0 Å². The number of aliphatic hydroxyl groups excluding tert-OH is 1. The highest BCUT2D eigenvalue weighted by atomic mass is 19.5. The molecule has 1 rings (SSSR count). The zero-order chi connectivity index (χ0) is 11.4. The van der Waals surface area contributed by atoms with Crippen molar-refractivity contribution in [3.05, 3.63) is 0 Å². The molecule has 0 spiro atoms. The number of halogens is 4. The van der Waals surface area contributed by atoms with Gasteiger partial charge in [0.05, 0.1) is 27.2 Å². The fourth-order valence-corrected chi connectivity index (χ4v) is 1.58. The first-order valence-electron chi connectivity index (χ1n) is 4.47. The molecule has 0 radical (unpaired) electrons. The lowest BCUT2D eigenvalue weighted by atomic mass is 10.2. The summed E-state index contributed by atoms with van der Waals surface area (Å²) < 4.78 is 40.0. The van der Waals surface area contributed by atoms with Gasteiger partial charge in [0.25, 0.3) is 0 Å². The van der Waals surface area contributed by atoms with Gasteiger partial charge in [-0.3, -0.25) is 0 Å². The molecule has 0 aliphatic carbocycles. The molecule has 0 saturated carbocycles. The maximum Gasteiger partial charge on any atom is 0.673 e. The number of likely N-dealkylation sites (N-methyl/N-ethyl adjacent to an activating group) is 1. The van der Waals surface area contributed by atoms with Crippen molar-refractivity contribution >= 4 is 7.25 Å². The lowest BCUT2D eigenvalue weighted by Crippen LogP contribution is -2.45. The van der Waals surface area contributed by atoms with Gasteiger partial charge >= 0.3 is 7.25 Å². The summed E-state index contributed by atoms with van der Waals surface area (Å²) in [5.74, 6) is 0. The van der Waals surface area contributed by atoms with Crippen LogP contribution in [0.25, 0.3) is 0 Å². The number of nitrogens with zero attached hydrogens (tertiary/aromatic N) is 1. The molecule has 0 bridgehead atoms. The monoisotopic (exact) mass is 217 g/mol. The molecule has 0 unspecified atom stereocenters. The van der Waals surface area contributed by atoms with Gasteiger partial charge in [0.2, 0.25) is 0 Å². The molecule has 1 aliphatic heterocycles. The summed E-state index contributed by atoms with van der Waals surface area (Å²) in [5.41, 5.74) is 0. The Labute approximate surface area is 81.2 Å². The Balaban J connectivity index is 0.000000292. The molecule has 86 valence electrons. The topological polar surface area (TPSA) is 20.2 Å². The lowest BCUT2D eigenvalue weighted by molar-refractivity contribution is -0.902. The second kappa shape index (κ2) is 4.98. The van der Waals surface area contributed by atoms with Crippen LogP contribution in [0.2, 0.25) is 0 Å². The Bertz CT molecular complexity index is 168. The molecule has 1 atom stereocenters. The van der Waals surface area contributed by atoms with Crippen LogP contribution in [0.1, 0.15) is 12.8 Å². The highest BCUT2D eigenvalue weighted by molar-refractivity contribution is 6.50. The summed E-state index contributed by atoms with van der Waals surface area (Å²) in [5, 5.41) is 8.89. The van der Waals surface area contributed by atoms with E-state index in [1.807, 2.05) is 0 Å². The number of likely N-dealkylation sites (tertiary alicyclic amines) is 1. The second-order valence-corrected chi connectivity index (χ2v) is 3.98. The van der Waals surface area contributed by atoms with Crippen LogP contribution in [-0.2, 0) is 0 Å². The number of rotatable bonds is 1. The summed E-state index contributed by atoms with van der Waals surface area (Å²) in [6.45, 7) is 1.58. The van der Waals surface area contributed by atoms with Gasteiger partial charge in [-0.2, -0.15) is 0 Å². The minimum absolute atomic E-state index is 0.354. The first kappa shape index (κ1) is 13.7. The third kappa shape index (κ3) is 6.20. The van der Waals surface area contributed by atoms with Crippen LogP contribution in [0, 0.1) is 0 Å². The highest BCUT2D eigenvalue weighted by Gasteiger charge is 2.32. The van der Waals surface area contributed by atoms with E-state index in [0.717, 1.165) is 4.48 Å². The maximum absolute atomic E-state index is 9.75. The number of hydrogen-bond donors (Lipinski definition) is 1. The average molecular weight is 217 g/mol. The van der Waals surface area contributed by atoms with Crippen LogP contribution >= 0.6 is 0 Å².